The normalized spacial score (nSPS) is 10.3. The highest BCUT2D eigenvalue weighted by Gasteiger charge is 1.99. The largest absolute Gasteiger partial charge is 0.398 e. The Morgan fingerprint density at radius 3 is 2.50 bits per heavy atom. The molecular weight excluding hydrogens is 196 g/mol. The Kier molecular flexibility index (Phi) is 3.20. The Balaban J connectivity index is 2.02. The second-order valence-corrected chi connectivity index (χ2v) is 4.06. The van der Waals surface area contributed by atoms with Gasteiger partial charge in [0, 0.05) is 18.1 Å². The van der Waals surface area contributed by atoms with E-state index in [0.717, 1.165) is 24.1 Å². The van der Waals surface area contributed by atoms with E-state index in [1.807, 2.05) is 12.3 Å². The van der Waals surface area contributed by atoms with Crippen LogP contribution < -0.4 is 5.73 Å². The van der Waals surface area contributed by atoms with Crippen LogP contribution in [0.3, 0.4) is 0 Å². The van der Waals surface area contributed by atoms with Crippen LogP contribution in [0.5, 0.6) is 0 Å². The molecule has 2 N–H and O–H groups in total. The van der Waals surface area contributed by atoms with Crippen molar-refractivity contribution in [3.8, 4) is 0 Å². The zero-order valence-electron chi connectivity index (χ0n) is 9.48. The van der Waals surface area contributed by atoms with Crippen LogP contribution in [0.4, 0.5) is 5.69 Å². The summed E-state index contributed by atoms with van der Waals surface area (Å²) in [6.07, 6.45) is 5.53. The number of nitrogen functional groups attached to an aromatic ring is 1. The maximum atomic E-state index is 5.87. The fraction of sp³-hybridized carbons (Fsp3) is 0.214. The minimum absolute atomic E-state index is 0.835. The third-order valence-electron chi connectivity index (χ3n) is 2.74. The quantitative estimate of drug-likeness (QED) is 0.849. The third kappa shape index (κ3) is 2.60. The molecule has 1 aromatic heterocycles. The first-order valence-corrected chi connectivity index (χ1v) is 5.49. The van der Waals surface area contributed by atoms with Crippen LogP contribution in [0.1, 0.15) is 16.7 Å². The second-order valence-electron chi connectivity index (χ2n) is 4.06. The number of anilines is 1. The predicted octanol–water partition coefficient (Wildman–Crippen LogP) is 2.76. The molecule has 0 spiro atoms. The lowest BCUT2D eigenvalue weighted by molar-refractivity contribution is 0.952. The fourth-order valence-corrected chi connectivity index (χ4v) is 1.68. The van der Waals surface area contributed by atoms with E-state index in [0.29, 0.717) is 0 Å². The number of hydrogen-bond donors (Lipinski definition) is 1. The zero-order chi connectivity index (χ0) is 11.4. The summed E-state index contributed by atoms with van der Waals surface area (Å²) in [4.78, 5) is 4.09. The van der Waals surface area contributed by atoms with Gasteiger partial charge in [-0.25, -0.2) is 0 Å². The lowest BCUT2D eigenvalue weighted by Crippen LogP contribution is -1.97. The molecule has 0 atom stereocenters. The Labute approximate surface area is 96.1 Å². The molecule has 0 aliphatic carbocycles. The first-order valence-electron chi connectivity index (χ1n) is 5.49. The molecule has 1 heterocycles. The molecule has 0 aliphatic heterocycles. The molecule has 2 heteroatoms. The van der Waals surface area contributed by atoms with Gasteiger partial charge in [-0.1, -0.05) is 29.8 Å². The van der Waals surface area contributed by atoms with Crippen LogP contribution in [-0.4, -0.2) is 4.98 Å². The molecule has 0 aliphatic rings. The predicted molar refractivity (Wildman–Crippen MR) is 67.2 cm³/mol. The smallest absolute Gasteiger partial charge is 0.0377 e. The van der Waals surface area contributed by atoms with E-state index in [1.54, 1.807) is 6.20 Å². The van der Waals surface area contributed by atoms with E-state index in [4.69, 9.17) is 5.73 Å². The van der Waals surface area contributed by atoms with Gasteiger partial charge in [0.25, 0.3) is 0 Å². The van der Waals surface area contributed by atoms with E-state index in [1.165, 1.54) is 11.1 Å². The Bertz CT molecular complexity index is 460. The number of hydrogen-bond acceptors (Lipinski definition) is 2. The molecule has 2 nitrogen and oxygen atoms in total. The highest BCUT2D eigenvalue weighted by molar-refractivity contribution is 5.44. The van der Waals surface area contributed by atoms with Gasteiger partial charge >= 0.3 is 0 Å². The van der Waals surface area contributed by atoms with Crippen molar-refractivity contribution in [1.29, 1.82) is 0 Å². The highest BCUT2D eigenvalue weighted by Crippen LogP contribution is 2.13. The molecule has 2 rings (SSSR count). The summed E-state index contributed by atoms with van der Waals surface area (Å²) in [6.45, 7) is 2.10. The van der Waals surface area contributed by atoms with Crippen molar-refractivity contribution in [3.05, 3.63) is 59.4 Å². The molecule has 0 fully saturated rings. The van der Waals surface area contributed by atoms with E-state index >= 15 is 0 Å². The lowest BCUT2D eigenvalue weighted by Gasteiger charge is -2.05. The van der Waals surface area contributed by atoms with E-state index in [-0.39, 0.29) is 0 Å². The van der Waals surface area contributed by atoms with E-state index in [9.17, 15) is 0 Å². The number of nitrogens with two attached hydrogens (primary N) is 1. The molecule has 82 valence electrons. The molecule has 0 saturated carbocycles. The number of aryl methyl sites for hydroxylation is 3. The van der Waals surface area contributed by atoms with E-state index in [2.05, 4.69) is 36.2 Å². The number of benzene rings is 1. The molecule has 0 bridgehead atoms. The van der Waals surface area contributed by atoms with Crippen LogP contribution in [0.25, 0.3) is 0 Å². The van der Waals surface area contributed by atoms with Crippen molar-refractivity contribution in [3.63, 3.8) is 0 Å². The molecular formula is C14H16N2. The van der Waals surface area contributed by atoms with Crippen molar-refractivity contribution < 1.29 is 0 Å². The van der Waals surface area contributed by atoms with Gasteiger partial charge in [0.15, 0.2) is 0 Å². The highest BCUT2D eigenvalue weighted by atomic mass is 14.7. The average Bonchev–Trinajstić information content (AvgIpc) is 2.30. The Morgan fingerprint density at radius 2 is 1.81 bits per heavy atom. The molecule has 0 radical (unpaired) electrons. The van der Waals surface area contributed by atoms with Gasteiger partial charge in [-0.2, -0.15) is 0 Å². The van der Waals surface area contributed by atoms with Crippen LogP contribution in [-0.2, 0) is 12.8 Å². The van der Waals surface area contributed by atoms with Crippen molar-refractivity contribution in [2.45, 2.75) is 19.8 Å². The fourth-order valence-electron chi connectivity index (χ4n) is 1.68. The van der Waals surface area contributed by atoms with Crippen molar-refractivity contribution in [1.82, 2.24) is 4.98 Å². The molecule has 16 heavy (non-hydrogen) atoms. The topological polar surface area (TPSA) is 38.9 Å². The van der Waals surface area contributed by atoms with Gasteiger partial charge in [0.1, 0.15) is 0 Å². The van der Waals surface area contributed by atoms with Crippen LogP contribution in [0.2, 0.25) is 0 Å². The Hall–Kier alpha value is -1.83. The molecule has 2 aromatic rings. The van der Waals surface area contributed by atoms with Gasteiger partial charge in [-0.3, -0.25) is 4.98 Å². The van der Waals surface area contributed by atoms with E-state index < -0.39 is 0 Å². The van der Waals surface area contributed by atoms with Crippen LogP contribution >= 0.6 is 0 Å². The summed E-state index contributed by atoms with van der Waals surface area (Å²) in [5.41, 5.74) is 10.5. The van der Waals surface area contributed by atoms with Crippen molar-refractivity contribution in [2.24, 2.45) is 0 Å². The lowest BCUT2D eigenvalue weighted by atomic mass is 10.0. The monoisotopic (exact) mass is 212 g/mol. The SMILES string of the molecule is Cc1ccc(CCc2cnccc2N)cc1. The van der Waals surface area contributed by atoms with Crippen LogP contribution in [0.15, 0.2) is 42.7 Å². The Morgan fingerprint density at radius 1 is 1.06 bits per heavy atom. The summed E-state index contributed by atoms with van der Waals surface area (Å²) in [5, 5.41) is 0. The maximum Gasteiger partial charge on any atom is 0.0377 e. The number of pyridine rings is 1. The van der Waals surface area contributed by atoms with Gasteiger partial charge in [0.2, 0.25) is 0 Å². The summed E-state index contributed by atoms with van der Waals surface area (Å²) in [5.74, 6) is 0. The summed E-state index contributed by atoms with van der Waals surface area (Å²) < 4.78 is 0. The first kappa shape index (κ1) is 10.7. The second kappa shape index (κ2) is 4.79. The van der Waals surface area contributed by atoms with Gasteiger partial charge in [0.05, 0.1) is 0 Å². The summed E-state index contributed by atoms with van der Waals surface area (Å²) >= 11 is 0. The molecule has 1 aromatic carbocycles. The van der Waals surface area contributed by atoms with Gasteiger partial charge in [-0.05, 0) is 37.0 Å². The van der Waals surface area contributed by atoms with Crippen molar-refractivity contribution >= 4 is 5.69 Å². The zero-order valence-corrected chi connectivity index (χ0v) is 9.48. The van der Waals surface area contributed by atoms with Gasteiger partial charge < -0.3 is 5.73 Å². The van der Waals surface area contributed by atoms with Gasteiger partial charge in [-0.15, -0.1) is 0 Å². The standard InChI is InChI=1S/C14H16N2/c1-11-2-4-12(5-3-11)6-7-13-10-16-9-8-14(13)15/h2-5,8-10H,6-7H2,1H3,(H2,15,16). The summed E-state index contributed by atoms with van der Waals surface area (Å²) in [6, 6.07) is 10.5. The summed E-state index contributed by atoms with van der Waals surface area (Å²) in [7, 11) is 0. The van der Waals surface area contributed by atoms with Crippen LogP contribution in [0, 0.1) is 6.92 Å². The number of nitrogens with zero attached hydrogens (tertiary/aromatic N) is 1. The maximum absolute atomic E-state index is 5.87. The molecule has 0 amide bonds. The third-order valence-corrected chi connectivity index (χ3v) is 2.74. The number of aromatic nitrogens is 1. The number of rotatable bonds is 3. The first-order chi connectivity index (χ1) is 7.75. The minimum atomic E-state index is 0.835. The van der Waals surface area contributed by atoms with Crippen molar-refractivity contribution in [2.75, 3.05) is 5.73 Å². The minimum Gasteiger partial charge on any atom is -0.398 e. The molecule has 0 unspecified atom stereocenters. The molecule has 0 saturated heterocycles. The average molecular weight is 212 g/mol.